The van der Waals surface area contributed by atoms with Crippen LogP contribution in [0.25, 0.3) is 11.2 Å². The van der Waals surface area contributed by atoms with E-state index in [-0.39, 0.29) is 17.2 Å². The van der Waals surface area contributed by atoms with Gasteiger partial charge in [-0.1, -0.05) is 73.9 Å². The van der Waals surface area contributed by atoms with Crippen LogP contribution in [0.2, 0.25) is 39.9 Å². The minimum atomic E-state index is -2.04. The summed E-state index contributed by atoms with van der Waals surface area (Å²) >= 11 is 6.31. The molecule has 0 radical (unpaired) electrons. The highest BCUT2D eigenvalue weighted by molar-refractivity contribution is 6.77. The van der Waals surface area contributed by atoms with Gasteiger partial charge >= 0.3 is 0 Å². The zero-order chi connectivity index (χ0) is 26.3. The topological polar surface area (TPSA) is 62.1 Å². The molecule has 198 valence electrons. The van der Waals surface area contributed by atoms with Gasteiger partial charge in [-0.15, -0.1) is 0 Å². The van der Waals surface area contributed by atoms with Gasteiger partial charge in [0.2, 0.25) is 8.32 Å². The van der Waals surface area contributed by atoms with Gasteiger partial charge in [0.15, 0.2) is 19.1 Å². The van der Waals surface area contributed by atoms with Crippen molar-refractivity contribution >= 4 is 39.4 Å². The Morgan fingerprint density at radius 3 is 2.14 bits per heavy atom. The molecule has 0 aromatic carbocycles. The first-order valence-electron chi connectivity index (χ1n) is 13.3. The van der Waals surface area contributed by atoms with Gasteiger partial charge in [-0.3, -0.25) is 0 Å². The zero-order valence-electron chi connectivity index (χ0n) is 23.7. The number of hydrogen-bond donors (Lipinski definition) is 0. The molecule has 3 atom stereocenters. The fraction of sp³-hybridized carbons (Fsp3) is 0.808. The predicted octanol–water partition coefficient (Wildman–Crippen LogP) is 8.01. The van der Waals surface area contributed by atoms with Crippen LogP contribution in [0.4, 0.5) is 0 Å². The summed E-state index contributed by atoms with van der Waals surface area (Å²) < 4.78 is 16.4. The highest BCUT2D eigenvalue weighted by atomic mass is 35.5. The van der Waals surface area contributed by atoms with Crippen LogP contribution >= 0.6 is 11.6 Å². The summed E-state index contributed by atoms with van der Waals surface area (Å²) in [6, 6.07) is 0.252. The van der Waals surface area contributed by atoms with Crippen LogP contribution in [0.3, 0.4) is 0 Å². The van der Waals surface area contributed by atoms with Gasteiger partial charge in [0.25, 0.3) is 0 Å². The van der Waals surface area contributed by atoms with Crippen LogP contribution < -0.4 is 0 Å². The molecule has 0 saturated heterocycles. The molecule has 3 rings (SSSR count). The zero-order valence-corrected chi connectivity index (χ0v) is 26.5. The Balaban J connectivity index is 1.95. The standard InChI is InChI=1S/C26H47ClN4O2Si2/c1-17(2)35(18(3)4,19(5)6)33-22-13-21(12-20(22)14-32-34(10,11)26(7,8)9)31-16-30-23-24(27)28-15-29-25(23)31/h15-22H,12-14H2,1-11H3/t20-,21-,22+/m1/s1. The minimum Gasteiger partial charge on any atom is -0.416 e. The number of imidazole rings is 1. The number of nitrogens with zero attached hydrogens (tertiary/aromatic N) is 4. The first-order chi connectivity index (χ1) is 16.1. The number of aromatic nitrogens is 4. The molecule has 0 unspecified atom stereocenters. The third-order valence-corrected chi connectivity index (χ3v) is 19.7. The summed E-state index contributed by atoms with van der Waals surface area (Å²) in [5, 5.41) is 0.588. The van der Waals surface area contributed by atoms with E-state index >= 15 is 0 Å². The summed E-state index contributed by atoms with van der Waals surface area (Å²) in [5.41, 5.74) is 3.11. The van der Waals surface area contributed by atoms with Gasteiger partial charge in [0.05, 0.1) is 12.4 Å². The van der Waals surface area contributed by atoms with E-state index in [9.17, 15) is 0 Å². The van der Waals surface area contributed by atoms with E-state index in [1.807, 2.05) is 6.33 Å². The van der Waals surface area contributed by atoms with E-state index in [1.54, 1.807) is 0 Å². The second-order valence-corrected chi connectivity index (χ2v) is 23.5. The quantitative estimate of drug-likeness (QED) is 0.239. The molecule has 6 nitrogen and oxygen atoms in total. The van der Waals surface area contributed by atoms with Crippen molar-refractivity contribution in [1.29, 1.82) is 0 Å². The molecule has 9 heteroatoms. The summed E-state index contributed by atoms with van der Waals surface area (Å²) in [6.45, 7) is 26.5. The fourth-order valence-electron chi connectivity index (χ4n) is 5.90. The highest BCUT2D eigenvalue weighted by Gasteiger charge is 2.50. The number of fused-ring (bicyclic) bond motifs is 1. The van der Waals surface area contributed by atoms with Gasteiger partial charge in [-0.25, -0.2) is 15.0 Å². The number of halogens is 1. The molecule has 0 spiro atoms. The molecule has 2 aromatic rings. The average Bonchev–Trinajstić information content (AvgIpc) is 3.33. The Bertz CT molecular complexity index is 981. The Kier molecular flexibility index (Phi) is 8.64. The smallest absolute Gasteiger partial charge is 0.200 e. The Hall–Kier alpha value is -0.806. The maximum atomic E-state index is 7.39. The fourth-order valence-corrected chi connectivity index (χ4v) is 12.8. The Labute approximate surface area is 219 Å². The monoisotopic (exact) mass is 538 g/mol. The molecule has 1 aliphatic carbocycles. The van der Waals surface area contributed by atoms with Crippen molar-refractivity contribution in [3.63, 3.8) is 0 Å². The summed E-state index contributed by atoms with van der Waals surface area (Å²) in [4.78, 5) is 13.2. The van der Waals surface area contributed by atoms with E-state index in [4.69, 9.17) is 20.5 Å². The van der Waals surface area contributed by atoms with Gasteiger partial charge in [-0.2, -0.15) is 0 Å². The van der Waals surface area contributed by atoms with Gasteiger partial charge < -0.3 is 13.4 Å². The SMILES string of the molecule is CC(C)[Si](O[C@H]1C[C@H](n2cnc3c(Cl)ncnc32)C[C@@H]1CO[Si](C)(C)C(C)(C)C)(C(C)C)C(C)C. The maximum Gasteiger partial charge on any atom is 0.200 e. The van der Waals surface area contributed by atoms with E-state index in [2.05, 4.69) is 94.9 Å². The average molecular weight is 539 g/mol. The molecule has 35 heavy (non-hydrogen) atoms. The molecule has 0 bridgehead atoms. The lowest BCUT2D eigenvalue weighted by molar-refractivity contribution is 0.0969. The van der Waals surface area contributed by atoms with Gasteiger partial charge in [0, 0.05) is 18.6 Å². The van der Waals surface area contributed by atoms with Crippen LogP contribution in [0.1, 0.15) is 81.2 Å². The van der Waals surface area contributed by atoms with Gasteiger partial charge in [-0.05, 0) is 47.6 Å². The summed E-state index contributed by atoms with van der Waals surface area (Å²) in [7, 11) is -3.91. The first kappa shape index (κ1) is 28.8. The van der Waals surface area contributed by atoms with Crippen molar-refractivity contribution in [2.24, 2.45) is 5.92 Å². The highest BCUT2D eigenvalue weighted by Crippen LogP contribution is 2.48. The normalized spacial score (nSPS) is 22.3. The number of rotatable bonds is 9. The molecular formula is C26H47ClN4O2Si2. The van der Waals surface area contributed by atoms with Crippen molar-refractivity contribution in [3.8, 4) is 0 Å². The molecule has 1 aliphatic rings. The molecule has 1 saturated carbocycles. The van der Waals surface area contributed by atoms with E-state index < -0.39 is 16.6 Å². The van der Waals surface area contributed by atoms with Crippen LogP contribution in [0.5, 0.6) is 0 Å². The maximum absolute atomic E-state index is 7.39. The predicted molar refractivity (Wildman–Crippen MR) is 151 cm³/mol. The second kappa shape index (κ2) is 10.5. The second-order valence-electron chi connectivity index (χ2n) is 12.9. The number of hydrogen-bond acceptors (Lipinski definition) is 5. The molecule has 0 amide bonds. The molecule has 0 aliphatic heterocycles. The van der Waals surface area contributed by atoms with Gasteiger partial charge in [0.1, 0.15) is 11.8 Å². The Morgan fingerprint density at radius 2 is 1.60 bits per heavy atom. The first-order valence-corrected chi connectivity index (χ1v) is 18.7. The third kappa shape index (κ3) is 5.56. The molecule has 1 fully saturated rings. The van der Waals surface area contributed by atoms with Crippen molar-refractivity contribution in [1.82, 2.24) is 19.5 Å². The largest absolute Gasteiger partial charge is 0.416 e. The minimum absolute atomic E-state index is 0.165. The van der Waals surface area contributed by atoms with Crippen molar-refractivity contribution in [2.75, 3.05) is 6.61 Å². The van der Waals surface area contributed by atoms with Crippen LogP contribution in [0, 0.1) is 5.92 Å². The van der Waals surface area contributed by atoms with Crippen molar-refractivity contribution in [3.05, 3.63) is 17.8 Å². The third-order valence-electron chi connectivity index (χ3n) is 8.84. The van der Waals surface area contributed by atoms with E-state index in [0.29, 0.717) is 33.2 Å². The summed E-state index contributed by atoms with van der Waals surface area (Å²) in [5.74, 6) is 0.340. The van der Waals surface area contributed by atoms with E-state index in [1.165, 1.54) is 6.33 Å². The lowest BCUT2D eigenvalue weighted by atomic mass is 10.1. The Morgan fingerprint density at radius 1 is 1.00 bits per heavy atom. The van der Waals surface area contributed by atoms with Crippen LogP contribution in [-0.4, -0.2) is 48.9 Å². The van der Waals surface area contributed by atoms with E-state index in [0.717, 1.165) is 25.1 Å². The van der Waals surface area contributed by atoms with Crippen LogP contribution in [0.15, 0.2) is 12.7 Å². The summed E-state index contributed by atoms with van der Waals surface area (Å²) in [6.07, 6.45) is 5.50. The molecule has 2 heterocycles. The van der Waals surface area contributed by atoms with Crippen molar-refractivity contribution < 1.29 is 8.85 Å². The van der Waals surface area contributed by atoms with Crippen LogP contribution in [-0.2, 0) is 8.85 Å². The molecular weight excluding hydrogens is 492 g/mol. The lowest BCUT2D eigenvalue weighted by Crippen LogP contribution is -2.51. The lowest BCUT2D eigenvalue weighted by Gasteiger charge is -2.45. The van der Waals surface area contributed by atoms with Crippen molar-refractivity contribution in [2.45, 2.75) is 122 Å². The molecule has 0 N–H and O–H groups in total. The molecule has 2 aromatic heterocycles.